The van der Waals surface area contributed by atoms with E-state index >= 15 is 0 Å². The van der Waals surface area contributed by atoms with Crippen molar-refractivity contribution in [1.29, 1.82) is 0 Å². The standard InChI is InChI=1S/C9H12O6S/c1-13-9-4-3-8(10)5-7(9)6-15-16(11,12)14-2/h3-5,10H,6H2,1-2H3. The van der Waals surface area contributed by atoms with Crippen LogP contribution in [-0.4, -0.2) is 27.7 Å². The lowest BCUT2D eigenvalue weighted by molar-refractivity contribution is 0.232. The number of aromatic hydroxyl groups is 1. The molecule has 0 heterocycles. The minimum Gasteiger partial charge on any atom is -0.508 e. The Kier molecular flexibility index (Phi) is 4.11. The van der Waals surface area contributed by atoms with Gasteiger partial charge in [0, 0.05) is 5.56 Å². The van der Waals surface area contributed by atoms with Gasteiger partial charge in [0.15, 0.2) is 0 Å². The summed E-state index contributed by atoms with van der Waals surface area (Å²) in [5, 5.41) is 9.23. The van der Waals surface area contributed by atoms with E-state index in [0.717, 1.165) is 7.11 Å². The fourth-order valence-electron chi connectivity index (χ4n) is 1.06. The molecule has 0 bridgehead atoms. The van der Waals surface area contributed by atoms with Crippen molar-refractivity contribution in [2.24, 2.45) is 0 Å². The first-order valence-corrected chi connectivity index (χ1v) is 5.62. The highest BCUT2D eigenvalue weighted by molar-refractivity contribution is 7.81. The van der Waals surface area contributed by atoms with Crippen LogP contribution in [0, 0.1) is 0 Å². The molecular formula is C9H12O6S. The molecular weight excluding hydrogens is 236 g/mol. The van der Waals surface area contributed by atoms with Gasteiger partial charge < -0.3 is 9.84 Å². The second-order valence-corrected chi connectivity index (χ2v) is 4.22. The summed E-state index contributed by atoms with van der Waals surface area (Å²) in [4.78, 5) is 0. The van der Waals surface area contributed by atoms with Crippen LogP contribution < -0.4 is 4.74 Å². The van der Waals surface area contributed by atoms with Crippen LogP contribution in [0.4, 0.5) is 0 Å². The maximum absolute atomic E-state index is 10.9. The number of ether oxygens (including phenoxy) is 1. The summed E-state index contributed by atoms with van der Waals surface area (Å²) < 4.78 is 35.4. The average molecular weight is 248 g/mol. The summed E-state index contributed by atoms with van der Waals surface area (Å²) in [6, 6.07) is 4.28. The van der Waals surface area contributed by atoms with E-state index in [1.165, 1.54) is 25.3 Å². The van der Waals surface area contributed by atoms with Crippen molar-refractivity contribution in [3.05, 3.63) is 23.8 Å². The fraction of sp³-hybridized carbons (Fsp3) is 0.333. The Balaban J connectivity index is 2.84. The lowest BCUT2D eigenvalue weighted by Crippen LogP contribution is -2.07. The van der Waals surface area contributed by atoms with E-state index in [4.69, 9.17) is 4.74 Å². The quantitative estimate of drug-likeness (QED) is 0.830. The number of benzene rings is 1. The smallest absolute Gasteiger partial charge is 0.399 e. The number of methoxy groups -OCH3 is 1. The van der Waals surface area contributed by atoms with E-state index < -0.39 is 10.4 Å². The molecule has 1 rings (SSSR count). The molecule has 1 N–H and O–H groups in total. The van der Waals surface area contributed by atoms with Crippen LogP contribution in [0.2, 0.25) is 0 Å². The van der Waals surface area contributed by atoms with Gasteiger partial charge >= 0.3 is 10.4 Å². The van der Waals surface area contributed by atoms with Gasteiger partial charge in [0.2, 0.25) is 0 Å². The lowest BCUT2D eigenvalue weighted by Gasteiger charge is -2.08. The molecule has 0 radical (unpaired) electrons. The predicted octanol–water partition coefficient (Wildman–Crippen LogP) is 0.809. The summed E-state index contributed by atoms with van der Waals surface area (Å²) in [5.74, 6) is 0.415. The number of hydrogen-bond donors (Lipinski definition) is 1. The Morgan fingerprint density at radius 1 is 1.31 bits per heavy atom. The molecule has 90 valence electrons. The van der Waals surface area contributed by atoms with E-state index in [1.807, 2.05) is 0 Å². The molecule has 0 atom stereocenters. The van der Waals surface area contributed by atoms with Crippen molar-refractivity contribution in [1.82, 2.24) is 0 Å². The molecule has 6 nitrogen and oxygen atoms in total. The molecule has 0 saturated carbocycles. The monoisotopic (exact) mass is 248 g/mol. The van der Waals surface area contributed by atoms with Gasteiger partial charge in [0.05, 0.1) is 20.8 Å². The average Bonchev–Trinajstić information content (AvgIpc) is 2.27. The molecule has 0 saturated heterocycles. The third kappa shape index (κ3) is 3.37. The third-order valence-electron chi connectivity index (χ3n) is 1.83. The Hall–Kier alpha value is -1.31. The van der Waals surface area contributed by atoms with Gasteiger partial charge in [-0.1, -0.05) is 0 Å². The minimum atomic E-state index is -3.99. The van der Waals surface area contributed by atoms with Crippen LogP contribution in [0.25, 0.3) is 0 Å². The van der Waals surface area contributed by atoms with Gasteiger partial charge in [-0.05, 0) is 18.2 Å². The van der Waals surface area contributed by atoms with E-state index in [-0.39, 0.29) is 12.4 Å². The zero-order valence-corrected chi connectivity index (χ0v) is 9.65. The zero-order chi connectivity index (χ0) is 12.2. The molecule has 0 aliphatic rings. The number of phenolic OH excluding ortho intramolecular Hbond substituents is 1. The topological polar surface area (TPSA) is 82.1 Å². The Bertz CT molecular complexity index is 453. The van der Waals surface area contributed by atoms with Crippen LogP contribution in [-0.2, 0) is 25.4 Å². The summed E-state index contributed by atoms with van der Waals surface area (Å²) >= 11 is 0. The lowest BCUT2D eigenvalue weighted by atomic mass is 10.2. The first kappa shape index (κ1) is 12.8. The summed E-state index contributed by atoms with van der Waals surface area (Å²) in [6.45, 7) is -0.270. The van der Waals surface area contributed by atoms with Crippen LogP contribution in [0.5, 0.6) is 11.5 Å². The van der Waals surface area contributed by atoms with E-state index in [0.29, 0.717) is 11.3 Å². The second-order valence-electron chi connectivity index (χ2n) is 2.83. The maximum atomic E-state index is 10.9. The van der Waals surface area contributed by atoms with E-state index in [2.05, 4.69) is 8.37 Å². The third-order valence-corrected chi connectivity index (χ3v) is 2.64. The summed E-state index contributed by atoms with van der Waals surface area (Å²) in [5.41, 5.74) is 0.406. The van der Waals surface area contributed by atoms with Gasteiger partial charge in [-0.2, -0.15) is 8.42 Å². The Morgan fingerprint density at radius 2 is 2.00 bits per heavy atom. The van der Waals surface area contributed by atoms with Crippen molar-refractivity contribution in [2.75, 3.05) is 14.2 Å². The number of phenols is 1. The van der Waals surface area contributed by atoms with Crippen LogP contribution >= 0.6 is 0 Å². The van der Waals surface area contributed by atoms with Crippen molar-refractivity contribution in [3.8, 4) is 11.5 Å². The maximum Gasteiger partial charge on any atom is 0.399 e. The number of rotatable bonds is 5. The van der Waals surface area contributed by atoms with Gasteiger partial charge in [0.25, 0.3) is 0 Å². The van der Waals surface area contributed by atoms with Crippen LogP contribution in [0.3, 0.4) is 0 Å². The number of hydrogen-bond acceptors (Lipinski definition) is 6. The molecule has 16 heavy (non-hydrogen) atoms. The molecule has 1 aromatic rings. The van der Waals surface area contributed by atoms with Gasteiger partial charge in [-0.15, -0.1) is 0 Å². The van der Waals surface area contributed by atoms with Gasteiger partial charge in [0.1, 0.15) is 11.5 Å². The SMILES string of the molecule is COc1ccc(O)cc1COS(=O)(=O)OC. The molecule has 7 heteroatoms. The van der Waals surface area contributed by atoms with Crippen molar-refractivity contribution in [3.63, 3.8) is 0 Å². The molecule has 0 spiro atoms. The molecule has 0 aromatic heterocycles. The summed E-state index contributed by atoms with van der Waals surface area (Å²) in [6.07, 6.45) is 0. The molecule has 0 unspecified atom stereocenters. The van der Waals surface area contributed by atoms with Gasteiger partial charge in [-0.25, -0.2) is 4.18 Å². The highest BCUT2D eigenvalue weighted by Gasteiger charge is 2.12. The van der Waals surface area contributed by atoms with Gasteiger partial charge in [-0.3, -0.25) is 4.18 Å². The molecule has 0 aliphatic heterocycles. The highest BCUT2D eigenvalue weighted by Crippen LogP contribution is 2.24. The zero-order valence-electron chi connectivity index (χ0n) is 8.84. The first-order chi connectivity index (χ1) is 7.48. The van der Waals surface area contributed by atoms with Crippen molar-refractivity contribution < 1.29 is 26.6 Å². The first-order valence-electron chi connectivity index (χ1n) is 4.29. The predicted molar refractivity (Wildman–Crippen MR) is 55.4 cm³/mol. The Morgan fingerprint density at radius 3 is 2.56 bits per heavy atom. The second kappa shape index (κ2) is 5.15. The highest BCUT2D eigenvalue weighted by atomic mass is 32.3. The largest absolute Gasteiger partial charge is 0.508 e. The molecule has 0 fully saturated rings. The van der Waals surface area contributed by atoms with Crippen LogP contribution in [0.15, 0.2) is 18.2 Å². The normalized spacial score (nSPS) is 11.4. The van der Waals surface area contributed by atoms with E-state index in [1.54, 1.807) is 0 Å². The Labute approximate surface area is 93.7 Å². The molecule has 0 aliphatic carbocycles. The van der Waals surface area contributed by atoms with Crippen molar-refractivity contribution in [2.45, 2.75) is 6.61 Å². The molecule has 0 amide bonds. The van der Waals surface area contributed by atoms with E-state index in [9.17, 15) is 13.5 Å². The molecule has 1 aromatic carbocycles. The van der Waals surface area contributed by atoms with Crippen LogP contribution in [0.1, 0.15) is 5.56 Å². The fourth-order valence-corrected chi connectivity index (χ4v) is 1.43. The minimum absolute atomic E-state index is 0.00536. The van der Waals surface area contributed by atoms with Crippen molar-refractivity contribution >= 4 is 10.4 Å². The summed E-state index contributed by atoms with van der Waals surface area (Å²) in [7, 11) is -1.57.